The molecule has 0 N–H and O–H groups in total. The zero-order valence-corrected chi connectivity index (χ0v) is 11.4. The minimum atomic E-state index is -0.451. The topological polar surface area (TPSA) is 73.8 Å². The molecule has 1 aromatic heterocycles. The fourth-order valence-corrected chi connectivity index (χ4v) is 2.11. The van der Waals surface area contributed by atoms with Crippen molar-refractivity contribution in [1.29, 1.82) is 0 Å². The van der Waals surface area contributed by atoms with E-state index in [1.807, 2.05) is 0 Å². The van der Waals surface area contributed by atoms with Gasteiger partial charge in [0.05, 0.1) is 11.5 Å². The Hall–Kier alpha value is -3.09. The third-order valence-corrected chi connectivity index (χ3v) is 3.22. The second kappa shape index (κ2) is 5.72. The van der Waals surface area contributed by atoms with Crippen LogP contribution in [0.3, 0.4) is 0 Å². The summed E-state index contributed by atoms with van der Waals surface area (Å²) in [6.45, 7) is 0.486. The van der Waals surface area contributed by atoms with Gasteiger partial charge in [0.1, 0.15) is 12.1 Å². The van der Waals surface area contributed by atoms with Crippen molar-refractivity contribution in [2.75, 3.05) is 0 Å². The van der Waals surface area contributed by atoms with E-state index >= 15 is 0 Å². The maximum atomic E-state index is 12.9. The lowest BCUT2D eigenvalue weighted by molar-refractivity contribution is -0.384. The van der Waals surface area contributed by atoms with Crippen molar-refractivity contribution in [1.82, 2.24) is 14.8 Å². The van der Waals surface area contributed by atoms with E-state index in [-0.39, 0.29) is 11.5 Å². The van der Waals surface area contributed by atoms with E-state index in [9.17, 15) is 14.5 Å². The number of rotatable bonds is 4. The van der Waals surface area contributed by atoms with Crippen LogP contribution in [0.15, 0.2) is 54.9 Å². The minimum absolute atomic E-state index is 0.0216. The van der Waals surface area contributed by atoms with Crippen LogP contribution in [0.4, 0.5) is 10.1 Å². The summed E-state index contributed by atoms with van der Waals surface area (Å²) in [6.07, 6.45) is 1.57. The van der Waals surface area contributed by atoms with E-state index in [0.717, 1.165) is 11.1 Å². The zero-order valence-electron chi connectivity index (χ0n) is 11.4. The molecule has 0 fully saturated rings. The summed E-state index contributed by atoms with van der Waals surface area (Å²) in [5, 5.41) is 18.6. The average Bonchev–Trinajstić information content (AvgIpc) is 2.98. The molecule has 0 amide bonds. The Morgan fingerprint density at radius 2 is 1.77 bits per heavy atom. The molecular weight excluding hydrogens is 287 g/mol. The predicted octanol–water partition coefficient (Wildman–Crippen LogP) is 3.04. The Kier molecular flexibility index (Phi) is 3.61. The van der Waals surface area contributed by atoms with Crippen LogP contribution in [0.5, 0.6) is 0 Å². The van der Waals surface area contributed by atoms with Crippen LogP contribution in [0, 0.1) is 15.9 Å². The number of hydrogen-bond donors (Lipinski definition) is 0. The van der Waals surface area contributed by atoms with Gasteiger partial charge in [0.15, 0.2) is 5.82 Å². The number of nitrogens with zero attached hydrogens (tertiary/aromatic N) is 4. The maximum absolute atomic E-state index is 12.9. The van der Waals surface area contributed by atoms with Gasteiger partial charge in [-0.1, -0.05) is 12.1 Å². The highest BCUT2D eigenvalue weighted by molar-refractivity contribution is 5.57. The van der Waals surface area contributed by atoms with Gasteiger partial charge in [0.2, 0.25) is 0 Å². The van der Waals surface area contributed by atoms with Gasteiger partial charge in [-0.2, -0.15) is 0 Å². The molecule has 0 radical (unpaired) electrons. The molecule has 0 saturated heterocycles. The van der Waals surface area contributed by atoms with Gasteiger partial charge in [-0.15, -0.1) is 10.2 Å². The molecule has 1 heterocycles. The standard InChI is InChI=1S/C15H11FN4O2/c16-13-5-1-11(2-6-13)9-19-10-17-18-15(19)12-3-7-14(8-4-12)20(21)22/h1-8,10H,9H2. The van der Waals surface area contributed by atoms with Gasteiger partial charge in [0.25, 0.3) is 5.69 Å². The zero-order chi connectivity index (χ0) is 15.5. The van der Waals surface area contributed by atoms with Gasteiger partial charge in [-0.3, -0.25) is 10.1 Å². The van der Waals surface area contributed by atoms with Gasteiger partial charge in [-0.25, -0.2) is 4.39 Å². The molecule has 0 aliphatic heterocycles. The largest absolute Gasteiger partial charge is 0.309 e. The molecule has 0 aliphatic carbocycles. The first kappa shape index (κ1) is 13.9. The predicted molar refractivity (Wildman–Crippen MR) is 77.6 cm³/mol. The highest BCUT2D eigenvalue weighted by atomic mass is 19.1. The molecule has 110 valence electrons. The Balaban J connectivity index is 1.88. The third-order valence-electron chi connectivity index (χ3n) is 3.22. The minimum Gasteiger partial charge on any atom is -0.309 e. The van der Waals surface area contributed by atoms with E-state index in [1.54, 1.807) is 35.2 Å². The summed E-state index contributed by atoms with van der Waals surface area (Å²) < 4.78 is 14.7. The van der Waals surface area contributed by atoms with Gasteiger partial charge in [0, 0.05) is 17.7 Å². The fourth-order valence-electron chi connectivity index (χ4n) is 2.11. The van der Waals surface area contributed by atoms with Crippen LogP contribution < -0.4 is 0 Å². The van der Waals surface area contributed by atoms with Gasteiger partial charge < -0.3 is 4.57 Å². The number of aromatic nitrogens is 3. The fraction of sp³-hybridized carbons (Fsp3) is 0.0667. The Labute approximate surface area is 125 Å². The molecule has 6 nitrogen and oxygen atoms in total. The lowest BCUT2D eigenvalue weighted by Gasteiger charge is -2.06. The van der Waals surface area contributed by atoms with Crippen LogP contribution in [0.2, 0.25) is 0 Å². The lowest BCUT2D eigenvalue weighted by Crippen LogP contribution is -2.01. The summed E-state index contributed by atoms with van der Waals surface area (Å²) >= 11 is 0. The smallest absolute Gasteiger partial charge is 0.269 e. The maximum Gasteiger partial charge on any atom is 0.269 e. The van der Waals surface area contributed by atoms with Crippen molar-refractivity contribution in [3.63, 3.8) is 0 Å². The number of nitro groups is 1. The van der Waals surface area contributed by atoms with Crippen LogP contribution in [-0.2, 0) is 6.54 Å². The van der Waals surface area contributed by atoms with Gasteiger partial charge in [-0.05, 0) is 29.8 Å². The van der Waals surface area contributed by atoms with Crippen LogP contribution in [-0.4, -0.2) is 19.7 Å². The lowest BCUT2D eigenvalue weighted by atomic mass is 10.2. The quantitative estimate of drug-likeness (QED) is 0.548. The molecule has 0 bridgehead atoms. The van der Waals surface area contributed by atoms with Crippen molar-refractivity contribution >= 4 is 5.69 Å². The number of nitro benzene ring substituents is 1. The summed E-state index contributed by atoms with van der Waals surface area (Å²) in [5.74, 6) is 0.308. The molecule has 0 saturated carbocycles. The van der Waals surface area contributed by atoms with Crippen molar-refractivity contribution in [3.05, 3.63) is 76.4 Å². The van der Waals surface area contributed by atoms with E-state index < -0.39 is 4.92 Å². The van der Waals surface area contributed by atoms with E-state index in [0.29, 0.717) is 12.4 Å². The highest BCUT2D eigenvalue weighted by Gasteiger charge is 2.10. The molecule has 22 heavy (non-hydrogen) atoms. The SMILES string of the molecule is O=[N+]([O-])c1ccc(-c2nncn2Cc2ccc(F)cc2)cc1. The van der Waals surface area contributed by atoms with E-state index in [4.69, 9.17) is 0 Å². The Morgan fingerprint density at radius 1 is 1.09 bits per heavy atom. The molecule has 7 heteroatoms. The first-order chi connectivity index (χ1) is 10.6. The molecule has 0 unspecified atom stereocenters. The third kappa shape index (κ3) is 2.83. The second-order valence-electron chi connectivity index (χ2n) is 4.71. The van der Waals surface area contributed by atoms with Crippen molar-refractivity contribution in [3.8, 4) is 11.4 Å². The van der Waals surface area contributed by atoms with Crippen molar-refractivity contribution in [2.24, 2.45) is 0 Å². The second-order valence-corrected chi connectivity index (χ2v) is 4.71. The Morgan fingerprint density at radius 3 is 2.41 bits per heavy atom. The summed E-state index contributed by atoms with van der Waals surface area (Å²) in [6, 6.07) is 12.3. The van der Waals surface area contributed by atoms with E-state index in [1.165, 1.54) is 24.3 Å². The first-order valence-electron chi connectivity index (χ1n) is 6.50. The summed E-state index contributed by atoms with van der Waals surface area (Å²) in [5.41, 5.74) is 1.66. The summed E-state index contributed by atoms with van der Waals surface area (Å²) in [4.78, 5) is 10.2. The highest BCUT2D eigenvalue weighted by Crippen LogP contribution is 2.21. The van der Waals surface area contributed by atoms with Crippen molar-refractivity contribution in [2.45, 2.75) is 6.54 Å². The van der Waals surface area contributed by atoms with Crippen molar-refractivity contribution < 1.29 is 9.31 Å². The van der Waals surface area contributed by atoms with Crippen LogP contribution in [0.25, 0.3) is 11.4 Å². The molecule has 0 atom stereocenters. The Bertz CT molecular complexity index is 797. The number of benzene rings is 2. The van der Waals surface area contributed by atoms with Crippen LogP contribution in [0.1, 0.15) is 5.56 Å². The van der Waals surface area contributed by atoms with Crippen LogP contribution >= 0.6 is 0 Å². The molecular formula is C15H11FN4O2. The molecule has 0 spiro atoms. The molecule has 0 aliphatic rings. The number of hydrogen-bond acceptors (Lipinski definition) is 4. The normalized spacial score (nSPS) is 10.6. The van der Waals surface area contributed by atoms with E-state index in [2.05, 4.69) is 10.2 Å². The number of non-ortho nitro benzene ring substituents is 1. The number of halogens is 1. The van der Waals surface area contributed by atoms with Gasteiger partial charge >= 0.3 is 0 Å². The molecule has 2 aromatic carbocycles. The molecule has 3 aromatic rings. The monoisotopic (exact) mass is 298 g/mol. The molecule has 3 rings (SSSR count). The summed E-state index contributed by atoms with van der Waals surface area (Å²) in [7, 11) is 0. The average molecular weight is 298 g/mol. The first-order valence-corrected chi connectivity index (χ1v) is 6.50.